The first-order valence-electron chi connectivity index (χ1n) is 10.3. The molecule has 0 saturated heterocycles. The molecule has 0 aromatic carbocycles. The summed E-state index contributed by atoms with van der Waals surface area (Å²) >= 11 is 1.72. The summed E-state index contributed by atoms with van der Waals surface area (Å²) in [5, 5.41) is 16.1. The van der Waals surface area contributed by atoms with Gasteiger partial charge in [-0.3, -0.25) is 24.0 Å². The molecular weight excluding hydrogens is 464 g/mol. The van der Waals surface area contributed by atoms with Crippen molar-refractivity contribution >= 4 is 22.9 Å². The maximum Gasteiger partial charge on any atom is 0.332 e. The number of fused-ring (bicyclic) bond motifs is 1. The molecule has 14 heteroatoms. The minimum absolute atomic E-state index is 0.351. The van der Waals surface area contributed by atoms with E-state index >= 15 is 0 Å². The van der Waals surface area contributed by atoms with Crippen molar-refractivity contribution in [1.29, 1.82) is 0 Å². The average molecular weight is 495 g/mol. The summed E-state index contributed by atoms with van der Waals surface area (Å²) in [5.41, 5.74) is 0.0119. The smallest absolute Gasteiger partial charge is 0.332 e. The second-order valence-electron chi connectivity index (χ2n) is 7.47. The lowest BCUT2D eigenvalue weighted by Crippen LogP contribution is -2.36. The van der Waals surface area contributed by atoms with E-state index in [1.807, 2.05) is 26.2 Å². The standard InChI is InChI=1S/C13H22N4O3S.C7H8N4O2/c1-14-13(9-17(18)19)15-6-7-21-10-12-5-4-11(20-12)8-16(2)3;1-10-5-4(8-3-9-5)6(12)11(2)7(10)13/h4-5,9,14-15H,6-8,10H2,1-3H3;3H,1-2H3,(H,8,9)/b13-9-;. The van der Waals surface area contributed by atoms with E-state index in [0.29, 0.717) is 23.5 Å². The number of hydrogen-bond acceptors (Lipinski definition) is 10. The fourth-order valence-corrected chi connectivity index (χ4v) is 3.65. The van der Waals surface area contributed by atoms with Gasteiger partial charge >= 0.3 is 5.69 Å². The lowest BCUT2D eigenvalue weighted by Gasteiger charge is -2.07. The number of nitrogens with zero attached hydrogens (tertiary/aromatic N) is 5. The van der Waals surface area contributed by atoms with Crippen molar-refractivity contribution in [2.75, 3.05) is 33.4 Å². The summed E-state index contributed by atoms with van der Waals surface area (Å²) in [5.74, 6) is 3.95. The van der Waals surface area contributed by atoms with E-state index in [-0.39, 0.29) is 11.2 Å². The third-order valence-electron chi connectivity index (χ3n) is 4.53. The van der Waals surface area contributed by atoms with Gasteiger partial charge in [-0.1, -0.05) is 0 Å². The van der Waals surface area contributed by atoms with Gasteiger partial charge in [-0.15, -0.1) is 0 Å². The molecule has 0 unspecified atom stereocenters. The van der Waals surface area contributed by atoms with Crippen molar-refractivity contribution < 1.29 is 9.34 Å². The molecule has 0 aliphatic heterocycles. The maximum absolute atomic E-state index is 11.4. The van der Waals surface area contributed by atoms with Gasteiger partial charge in [0.15, 0.2) is 11.5 Å². The Morgan fingerprint density at radius 2 is 2.00 bits per heavy atom. The van der Waals surface area contributed by atoms with Crippen LogP contribution in [0.3, 0.4) is 0 Å². The molecule has 0 aliphatic carbocycles. The lowest BCUT2D eigenvalue weighted by molar-refractivity contribution is -0.404. The Morgan fingerprint density at radius 1 is 1.29 bits per heavy atom. The Balaban J connectivity index is 0.000000266. The van der Waals surface area contributed by atoms with Gasteiger partial charge in [-0.25, -0.2) is 9.78 Å². The Morgan fingerprint density at radius 3 is 2.65 bits per heavy atom. The summed E-state index contributed by atoms with van der Waals surface area (Å²) in [7, 11) is 8.65. The summed E-state index contributed by atoms with van der Waals surface area (Å²) in [6, 6.07) is 3.98. The average Bonchev–Trinajstić information content (AvgIpc) is 3.45. The fourth-order valence-electron chi connectivity index (χ4n) is 2.90. The van der Waals surface area contributed by atoms with Gasteiger partial charge in [0.25, 0.3) is 11.8 Å². The van der Waals surface area contributed by atoms with E-state index in [9.17, 15) is 19.7 Å². The molecule has 3 aromatic rings. The zero-order valence-corrected chi connectivity index (χ0v) is 20.6. The van der Waals surface area contributed by atoms with Gasteiger partial charge in [0, 0.05) is 33.4 Å². The number of H-pyrrole nitrogens is 1. The number of rotatable bonds is 10. The molecule has 3 aromatic heterocycles. The normalized spacial score (nSPS) is 11.4. The van der Waals surface area contributed by atoms with E-state index in [2.05, 4.69) is 25.5 Å². The molecule has 0 atom stereocenters. The maximum atomic E-state index is 11.4. The van der Waals surface area contributed by atoms with Crippen LogP contribution in [0.15, 0.2) is 44.5 Å². The van der Waals surface area contributed by atoms with E-state index in [1.165, 1.54) is 17.9 Å². The number of hydrogen-bond donors (Lipinski definition) is 3. The van der Waals surface area contributed by atoms with Gasteiger partial charge in [-0.05, 0) is 26.2 Å². The van der Waals surface area contributed by atoms with Crippen LogP contribution in [-0.4, -0.2) is 62.4 Å². The van der Waals surface area contributed by atoms with Gasteiger partial charge < -0.3 is 24.9 Å². The topological polar surface area (TPSA) is 156 Å². The van der Waals surface area contributed by atoms with Crippen LogP contribution in [0.25, 0.3) is 11.2 Å². The fraction of sp³-hybridized carbons (Fsp3) is 0.450. The highest BCUT2D eigenvalue weighted by atomic mass is 32.2. The molecule has 0 bridgehead atoms. The van der Waals surface area contributed by atoms with E-state index in [1.54, 1.807) is 25.9 Å². The molecule has 0 aliphatic rings. The monoisotopic (exact) mass is 494 g/mol. The molecule has 13 nitrogen and oxygen atoms in total. The van der Waals surface area contributed by atoms with Crippen molar-refractivity contribution in [3.8, 4) is 0 Å². The molecule has 0 radical (unpaired) electrons. The molecule has 0 amide bonds. The second-order valence-corrected chi connectivity index (χ2v) is 8.58. The molecule has 0 fully saturated rings. The van der Waals surface area contributed by atoms with Gasteiger partial charge in [0.2, 0.25) is 0 Å². The van der Waals surface area contributed by atoms with Crippen molar-refractivity contribution in [3.63, 3.8) is 0 Å². The molecule has 0 saturated carbocycles. The van der Waals surface area contributed by atoms with E-state index in [4.69, 9.17) is 4.42 Å². The van der Waals surface area contributed by atoms with Crippen LogP contribution in [0.1, 0.15) is 11.5 Å². The quantitative estimate of drug-likeness (QED) is 0.205. The van der Waals surface area contributed by atoms with Gasteiger partial charge in [0.1, 0.15) is 17.0 Å². The summed E-state index contributed by atoms with van der Waals surface area (Å²) in [6.45, 7) is 1.44. The largest absolute Gasteiger partial charge is 0.464 e. The minimum Gasteiger partial charge on any atom is -0.464 e. The molecule has 0 spiro atoms. The van der Waals surface area contributed by atoms with Crippen LogP contribution in [0.4, 0.5) is 0 Å². The van der Waals surface area contributed by atoms with Crippen LogP contribution >= 0.6 is 11.8 Å². The van der Waals surface area contributed by atoms with Crippen LogP contribution < -0.4 is 21.9 Å². The highest BCUT2D eigenvalue weighted by molar-refractivity contribution is 7.98. The van der Waals surface area contributed by atoms with Crippen LogP contribution in [-0.2, 0) is 26.4 Å². The Kier molecular flexibility index (Phi) is 9.94. The predicted octanol–water partition coefficient (Wildman–Crippen LogP) is 0.419. The summed E-state index contributed by atoms with van der Waals surface area (Å²) in [6.07, 6.45) is 2.32. The third-order valence-corrected chi connectivity index (χ3v) is 5.51. The number of imidazole rings is 1. The summed E-state index contributed by atoms with van der Waals surface area (Å²) < 4.78 is 8.07. The molecule has 34 heavy (non-hydrogen) atoms. The summed E-state index contributed by atoms with van der Waals surface area (Å²) in [4.78, 5) is 41.3. The van der Waals surface area contributed by atoms with Crippen LogP contribution in [0.2, 0.25) is 0 Å². The zero-order chi connectivity index (χ0) is 25.3. The SMILES string of the molecule is CN/C(=C/[N+](=O)[O-])NCCSCc1ccc(CN(C)C)o1.Cn1c(=O)c2[nH]cnc2n(C)c1=O. The van der Waals surface area contributed by atoms with E-state index in [0.717, 1.165) is 40.3 Å². The highest BCUT2D eigenvalue weighted by Crippen LogP contribution is 2.15. The third kappa shape index (κ3) is 7.52. The van der Waals surface area contributed by atoms with Crippen LogP contribution in [0, 0.1) is 10.1 Å². The van der Waals surface area contributed by atoms with E-state index < -0.39 is 4.92 Å². The van der Waals surface area contributed by atoms with Crippen molar-refractivity contribution in [2.24, 2.45) is 14.1 Å². The van der Waals surface area contributed by atoms with Gasteiger partial charge in [0.05, 0.1) is 23.5 Å². The molecule has 186 valence electrons. The number of thioether (sulfide) groups is 1. The number of nitrogens with one attached hydrogen (secondary N) is 3. The number of aromatic amines is 1. The van der Waals surface area contributed by atoms with Crippen molar-refractivity contribution in [2.45, 2.75) is 12.3 Å². The first kappa shape index (κ1) is 26.7. The lowest BCUT2D eigenvalue weighted by atomic mass is 10.4. The van der Waals surface area contributed by atoms with Gasteiger partial charge in [-0.2, -0.15) is 11.8 Å². The highest BCUT2D eigenvalue weighted by Gasteiger charge is 2.09. The van der Waals surface area contributed by atoms with Crippen molar-refractivity contribution in [3.05, 3.63) is 73.0 Å². The number of nitro groups is 1. The first-order valence-corrected chi connectivity index (χ1v) is 11.5. The molecule has 3 heterocycles. The number of furan rings is 1. The molecular formula is C20H30N8O5S. The predicted molar refractivity (Wildman–Crippen MR) is 131 cm³/mol. The Bertz CT molecular complexity index is 1240. The molecule has 3 N–H and O–H groups in total. The zero-order valence-electron chi connectivity index (χ0n) is 19.8. The first-order chi connectivity index (χ1) is 16.1. The number of aromatic nitrogens is 4. The van der Waals surface area contributed by atoms with Crippen LogP contribution in [0.5, 0.6) is 0 Å². The Hall–Kier alpha value is -3.52. The molecule has 3 rings (SSSR count). The Labute approximate surface area is 200 Å². The minimum atomic E-state index is -0.485. The number of aryl methyl sites for hydroxylation is 1. The second kappa shape index (κ2) is 12.6. The van der Waals surface area contributed by atoms with Crippen molar-refractivity contribution in [1.82, 2.24) is 34.6 Å².